The van der Waals surface area contributed by atoms with Gasteiger partial charge in [0.15, 0.2) is 0 Å². The van der Waals surface area contributed by atoms with Gasteiger partial charge in [-0.05, 0) is 19.4 Å². The lowest BCUT2D eigenvalue weighted by atomic mass is 9.85. The van der Waals surface area contributed by atoms with Gasteiger partial charge in [-0.1, -0.05) is 30.3 Å². The number of carbonyl (C=O) groups excluding carboxylic acids is 3. The highest BCUT2D eigenvalue weighted by molar-refractivity contribution is 6.00. The van der Waals surface area contributed by atoms with E-state index < -0.39 is 18.1 Å². The van der Waals surface area contributed by atoms with Gasteiger partial charge in [0.25, 0.3) is 0 Å². The summed E-state index contributed by atoms with van der Waals surface area (Å²) < 4.78 is 0. The number of urea groups is 2. The van der Waals surface area contributed by atoms with E-state index >= 15 is 0 Å². The van der Waals surface area contributed by atoms with Gasteiger partial charge < -0.3 is 15.5 Å². The van der Waals surface area contributed by atoms with Crippen molar-refractivity contribution in [3.63, 3.8) is 0 Å². The molecule has 2 aliphatic rings. The van der Waals surface area contributed by atoms with E-state index in [9.17, 15) is 14.4 Å². The third kappa shape index (κ3) is 2.42. The number of nitrogens with zero attached hydrogens (tertiary/aromatic N) is 2. The summed E-state index contributed by atoms with van der Waals surface area (Å²) in [6, 6.07) is 8.19. The number of benzene rings is 1. The van der Waals surface area contributed by atoms with Gasteiger partial charge in [-0.25, -0.2) is 9.59 Å². The van der Waals surface area contributed by atoms with E-state index in [-0.39, 0.29) is 18.0 Å². The van der Waals surface area contributed by atoms with Crippen molar-refractivity contribution in [1.82, 2.24) is 20.4 Å². The fraction of sp³-hybridized carbons (Fsp3) is 0.438. The molecule has 2 N–H and O–H groups in total. The van der Waals surface area contributed by atoms with Crippen LogP contribution in [0.3, 0.4) is 0 Å². The Morgan fingerprint density at radius 2 is 1.70 bits per heavy atom. The summed E-state index contributed by atoms with van der Waals surface area (Å²) in [6.45, 7) is 4.35. The van der Waals surface area contributed by atoms with Crippen LogP contribution in [0.5, 0.6) is 0 Å². The summed E-state index contributed by atoms with van der Waals surface area (Å²) in [5, 5.41) is 5.56. The zero-order valence-corrected chi connectivity index (χ0v) is 13.2. The van der Waals surface area contributed by atoms with E-state index in [4.69, 9.17) is 0 Å². The van der Waals surface area contributed by atoms with E-state index in [0.717, 1.165) is 5.56 Å². The highest BCUT2D eigenvalue weighted by Crippen LogP contribution is 2.34. The molecule has 3 unspecified atom stereocenters. The minimum Gasteiger partial charge on any atom is -0.330 e. The Morgan fingerprint density at radius 3 is 2.30 bits per heavy atom. The molecule has 0 aromatic heterocycles. The van der Waals surface area contributed by atoms with Crippen molar-refractivity contribution in [3.8, 4) is 0 Å². The maximum absolute atomic E-state index is 12.8. The van der Waals surface area contributed by atoms with Crippen molar-refractivity contribution in [2.75, 3.05) is 13.1 Å². The average molecular weight is 316 g/mol. The second-order valence-corrected chi connectivity index (χ2v) is 5.63. The first-order valence-electron chi connectivity index (χ1n) is 7.82. The number of hydrogen-bond acceptors (Lipinski definition) is 3. The number of rotatable bonds is 3. The maximum Gasteiger partial charge on any atom is 0.328 e. The number of hydrogen-bond donors (Lipinski definition) is 2. The highest BCUT2D eigenvalue weighted by atomic mass is 16.2. The van der Waals surface area contributed by atoms with Crippen molar-refractivity contribution in [1.29, 1.82) is 0 Å². The first-order valence-corrected chi connectivity index (χ1v) is 7.82. The molecule has 2 aliphatic heterocycles. The Morgan fingerprint density at radius 1 is 1.00 bits per heavy atom. The SMILES string of the molecule is CCN1C(=O)C2C(c3ccccc3)NC(=O)NC2N(CC)C1=O. The van der Waals surface area contributed by atoms with Crippen LogP contribution in [0.15, 0.2) is 30.3 Å². The predicted molar refractivity (Wildman–Crippen MR) is 83.3 cm³/mol. The molecule has 0 bridgehead atoms. The molecule has 23 heavy (non-hydrogen) atoms. The minimum absolute atomic E-state index is 0.256. The Kier molecular flexibility index (Phi) is 3.94. The Hall–Kier alpha value is -2.57. The van der Waals surface area contributed by atoms with Crippen LogP contribution in [0.25, 0.3) is 0 Å². The number of carbonyl (C=O) groups is 3. The molecule has 2 saturated heterocycles. The van der Waals surface area contributed by atoms with Crippen molar-refractivity contribution in [2.45, 2.75) is 26.1 Å². The topological polar surface area (TPSA) is 81.8 Å². The summed E-state index contributed by atoms with van der Waals surface area (Å²) in [7, 11) is 0. The quantitative estimate of drug-likeness (QED) is 0.881. The van der Waals surface area contributed by atoms with Gasteiger partial charge in [-0.15, -0.1) is 0 Å². The normalized spacial score (nSPS) is 27.4. The number of fused-ring (bicyclic) bond motifs is 1. The van der Waals surface area contributed by atoms with Gasteiger partial charge in [0, 0.05) is 13.1 Å². The van der Waals surface area contributed by atoms with Crippen molar-refractivity contribution in [2.24, 2.45) is 5.92 Å². The van der Waals surface area contributed by atoms with Crippen molar-refractivity contribution >= 4 is 18.0 Å². The van der Waals surface area contributed by atoms with Crippen LogP contribution in [-0.2, 0) is 4.79 Å². The van der Waals surface area contributed by atoms with Gasteiger partial charge in [0.2, 0.25) is 5.91 Å². The second kappa shape index (κ2) is 5.91. The average Bonchev–Trinajstić information content (AvgIpc) is 2.55. The zero-order valence-electron chi connectivity index (χ0n) is 13.2. The molecule has 0 spiro atoms. The summed E-state index contributed by atoms with van der Waals surface area (Å²) in [6.07, 6.45) is -0.623. The number of imide groups is 1. The smallest absolute Gasteiger partial charge is 0.328 e. The molecule has 2 fully saturated rings. The fourth-order valence-corrected chi connectivity index (χ4v) is 3.35. The van der Waals surface area contributed by atoms with Crippen LogP contribution in [0.4, 0.5) is 9.59 Å². The molecule has 5 amide bonds. The first kappa shape index (κ1) is 15.3. The predicted octanol–water partition coefficient (Wildman–Crippen LogP) is 1.29. The van der Waals surface area contributed by atoms with Gasteiger partial charge >= 0.3 is 12.1 Å². The zero-order chi connectivity index (χ0) is 16.6. The van der Waals surface area contributed by atoms with Crippen molar-refractivity contribution < 1.29 is 14.4 Å². The summed E-state index contributed by atoms with van der Waals surface area (Å²) in [4.78, 5) is 40.1. The van der Waals surface area contributed by atoms with Gasteiger partial charge in [-0.2, -0.15) is 0 Å². The molecular formula is C16H20N4O3. The maximum atomic E-state index is 12.8. The van der Waals surface area contributed by atoms with Crippen LogP contribution < -0.4 is 10.6 Å². The second-order valence-electron chi connectivity index (χ2n) is 5.63. The van der Waals surface area contributed by atoms with Crippen LogP contribution in [0.2, 0.25) is 0 Å². The third-order valence-corrected chi connectivity index (χ3v) is 4.44. The molecule has 1 aromatic carbocycles. The molecule has 0 aliphatic carbocycles. The molecular weight excluding hydrogens is 296 g/mol. The van der Waals surface area contributed by atoms with E-state index in [0.29, 0.717) is 13.1 Å². The third-order valence-electron chi connectivity index (χ3n) is 4.44. The Bertz CT molecular complexity index is 633. The van der Waals surface area contributed by atoms with E-state index in [2.05, 4.69) is 10.6 Å². The molecule has 7 heteroatoms. The molecule has 3 atom stereocenters. The largest absolute Gasteiger partial charge is 0.330 e. The molecule has 3 rings (SSSR count). The lowest BCUT2D eigenvalue weighted by molar-refractivity contribution is -0.141. The van der Waals surface area contributed by atoms with Gasteiger partial charge in [0.1, 0.15) is 12.1 Å². The van der Waals surface area contributed by atoms with Crippen molar-refractivity contribution in [3.05, 3.63) is 35.9 Å². The lowest BCUT2D eigenvalue weighted by Gasteiger charge is -2.49. The Balaban J connectivity index is 2.04. The molecule has 2 heterocycles. The number of amides is 5. The van der Waals surface area contributed by atoms with Crippen LogP contribution >= 0.6 is 0 Å². The lowest BCUT2D eigenvalue weighted by Crippen LogP contribution is -2.72. The van der Waals surface area contributed by atoms with Crippen LogP contribution in [-0.4, -0.2) is 47.0 Å². The van der Waals surface area contributed by atoms with E-state index in [1.807, 2.05) is 37.3 Å². The van der Waals surface area contributed by atoms with Crippen LogP contribution in [0, 0.1) is 5.92 Å². The molecule has 7 nitrogen and oxygen atoms in total. The molecule has 122 valence electrons. The molecule has 0 radical (unpaired) electrons. The Labute approximate surface area is 134 Å². The standard InChI is InChI=1S/C16H20N4O3/c1-3-19-13-11(14(21)20(4-2)16(19)23)12(17-15(22)18-13)10-8-6-5-7-9-10/h5-9,11-13H,3-4H2,1-2H3,(H2,17,18,22). The van der Waals surface area contributed by atoms with Crippen LogP contribution in [0.1, 0.15) is 25.5 Å². The van der Waals surface area contributed by atoms with E-state index in [1.165, 1.54) is 4.90 Å². The molecule has 0 saturated carbocycles. The summed E-state index contributed by atoms with van der Waals surface area (Å²) >= 11 is 0. The first-order chi connectivity index (χ1) is 11.1. The minimum atomic E-state index is -0.623. The summed E-state index contributed by atoms with van der Waals surface area (Å²) in [5.41, 5.74) is 0.854. The monoisotopic (exact) mass is 316 g/mol. The number of nitrogens with one attached hydrogen (secondary N) is 2. The van der Waals surface area contributed by atoms with E-state index in [1.54, 1.807) is 11.8 Å². The fourth-order valence-electron chi connectivity index (χ4n) is 3.35. The van der Waals surface area contributed by atoms with Gasteiger partial charge in [0.05, 0.1) is 6.04 Å². The highest BCUT2D eigenvalue weighted by Gasteiger charge is 2.52. The summed E-state index contributed by atoms with van der Waals surface area (Å²) in [5.74, 6) is -0.804. The molecule has 1 aromatic rings. The van der Waals surface area contributed by atoms with Gasteiger partial charge in [-0.3, -0.25) is 9.69 Å².